The van der Waals surface area contributed by atoms with E-state index in [9.17, 15) is 14.9 Å². The van der Waals surface area contributed by atoms with Gasteiger partial charge in [-0.25, -0.2) is 0 Å². The number of esters is 2. The molecule has 1 N–H and O–H groups in total. The fraction of sp³-hybridized carbons (Fsp3) is 0.522. The van der Waals surface area contributed by atoms with Crippen LogP contribution in [0, 0.1) is 46.8 Å². The molecule has 0 aromatic carbocycles. The molecule has 1 fully saturated rings. The topological polar surface area (TPSA) is 88.4 Å². The van der Waals surface area contributed by atoms with Gasteiger partial charge in [-0.3, -0.25) is 9.59 Å². The third-order valence-electron chi connectivity index (χ3n) is 6.31. The predicted molar refractivity (Wildman–Crippen MR) is 108 cm³/mol. The number of allylic oxidation sites excluding steroid dienone is 8. The van der Waals surface area contributed by atoms with Crippen molar-refractivity contribution in [2.45, 2.75) is 12.8 Å². The van der Waals surface area contributed by atoms with E-state index < -0.39 is 11.9 Å². The molecule has 6 unspecified atom stereocenters. The Labute approximate surface area is 171 Å². The van der Waals surface area contributed by atoms with Gasteiger partial charge in [-0.15, -0.1) is 0 Å². The van der Waals surface area contributed by atoms with Crippen LogP contribution >= 0.6 is 0 Å². The van der Waals surface area contributed by atoms with Crippen LogP contribution in [0.3, 0.4) is 0 Å². The van der Waals surface area contributed by atoms with Crippen LogP contribution in [-0.4, -0.2) is 39.8 Å². The summed E-state index contributed by atoms with van der Waals surface area (Å²) < 4.78 is 10.1. The first-order valence-electron chi connectivity index (χ1n) is 10.0. The lowest BCUT2D eigenvalue weighted by Crippen LogP contribution is -2.48. The summed E-state index contributed by atoms with van der Waals surface area (Å²) in [6, 6.07) is 2.19. The molecule has 3 aliphatic carbocycles. The Morgan fingerprint density at radius 3 is 2.14 bits per heavy atom. The Balaban J connectivity index is 2.13. The number of carbonyl (C=O) groups excluding carboxylic acids is 2. The third-order valence-corrected chi connectivity index (χ3v) is 6.31. The van der Waals surface area contributed by atoms with Gasteiger partial charge in [0.05, 0.1) is 26.2 Å². The van der Waals surface area contributed by atoms with E-state index in [1.165, 1.54) is 14.2 Å². The van der Waals surface area contributed by atoms with Gasteiger partial charge in [0.15, 0.2) is 5.92 Å². The first-order valence-corrected chi connectivity index (χ1v) is 10.0. The number of rotatable bonds is 6. The minimum absolute atomic E-state index is 0.00976. The van der Waals surface area contributed by atoms with Crippen molar-refractivity contribution in [3.8, 4) is 6.07 Å². The van der Waals surface area contributed by atoms with Crippen molar-refractivity contribution in [3.05, 3.63) is 47.6 Å². The molecule has 3 rings (SSSR count). The van der Waals surface area contributed by atoms with Gasteiger partial charge in [0, 0.05) is 18.4 Å². The van der Waals surface area contributed by atoms with Gasteiger partial charge in [-0.05, 0) is 42.9 Å². The molecule has 6 nitrogen and oxygen atoms in total. The molecular weight excluding hydrogens is 368 g/mol. The van der Waals surface area contributed by atoms with Crippen LogP contribution in [0.1, 0.15) is 12.8 Å². The molecule has 0 radical (unpaired) electrons. The van der Waals surface area contributed by atoms with Crippen LogP contribution in [0.25, 0.3) is 0 Å². The van der Waals surface area contributed by atoms with Crippen LogP contribution in [0.5, 0.6) is 0 Å². The fourth-order valence-electron chi connectivity index (χ4n) is 5.17. The van der Waals surface area contributed by atoms with E-state index in [1.54, 1.807) is 0 Å². The van der Waals surface area contributed by atoms with Crippen molar-refractivity contribution in [2.24, 2.45) is 35.5 Å². The molecule has 0 saturated heterocycles. The zero-order valence-electron chi connectivity index (χ0n) is 17.1. The van der Waals surface area contributed by atoms with Crippen molar-refractivity contribution in [3.63, 3.8) is 0 Å². The SMILES string of the molecule is CNCC(C(=O)OC)C1C2=CCCC=C2C(C(C#N)C(=O)OC)C2C=CC=CC21. The largest absolute Gasteiger partial charge is 0.469 e. The number of hydrogen-bond donors (Lipinski definition) is 1. The summed E-state index contributed by atoms with van der Waals surface area (Å²) in [5, 5.41) is 12.9. The van der Waals surface area contributed by atoms with Crippen molar-refractivity contribution < 1.29 is 19.1 Å². The van der Waals surface area contributed by atoms with E-state index in [0.717, 1.165) is 24.0 Å². The van der Waals surface area contributed by atoms with Crippen molar-refractivity contribution >= 4 is 11.9 Å². The average molecular weight is 396 g/mol. The maximum Gasteiger partial charge on any atom is 0.323 e. The monoisotopic (exact) mass is 396 g/mol. The second-order valence-electron chi connectivity index (χ2n) is 7.69. The summed E-state index contributed by atoms with van der Waals surface area (Å²) in [7, 11) is 4.56. The van der Waals surface area contributed by atoms with E-state index in [1.807, 2.05) is 19.2 Å². The summed E-state index contributed by atoms with van der Waals surface area (Å²) in [5.74, 6) is -2.47. The number of carbonyl (C=O) groups is 2. The third kappa shape index (κ3) is 3.79. The molecule has 0 amide bonds. The highest BCUT2D eigenvalue weighted by atomic mass is 16.5. The van der Waals surface area contributed by atoms with Gasteiger partial charge in [-0.1, -0.05) is 36.5 Å². The van der Waals surface area contributed by atoms with E-state index in [0.29, 0.717) is 6.54 Å². The summed E-state index contributed by atoms with van der Waals surface area (Å²) in [6.07, 6.45) is 14.1. The Hall–Kier alpha value is -2.65. The van der Waals surface area contributed by atoms with Crippen molar-refractivity contribution in [1.82, 2.24) is 5.32 Å². The highest BCUT2D eigenvalue weighted by Gasteiger charge is 2.51. The molecule has 1 saturated carbocycles. The zero-order valence-corrected chi connectivity index (χ0v) is 17.1. The molecule has 29 heavy (non-hydrogen) atoms. The van der Waals surface area contributed by atoms with Crippen molar-refractivity contribution in [2.75, 3.05) is 27.8 Å². The van der Waals surface area contributed by atoms with Crippen LogP contribution in [0.2, 0.25) is 0 Å². The maximum atomic E-state index is 12.7. The molecule has 0 aromatic rings. The second kappa shape index (κ2) is 9.23. The summed E-state index contributed by atoms with van der Waals surface area (Å²) >= 11 is 0. The number of fused-ring (bicyclic) bond motifs is 2. The van der Waals surface area contributed by atoms with Crippen LogP contribution in [-0.2, 0) is 19.1 Å². The quantitative estimate of drug-likeness (QED) is 0.694. The Morgan fingerprint density at radius 1 is 1.07 bits per heavy atom. The van der Waals surface area contributed by atoms with Gasteiger partial charge in [0.25, 0.3) is 0 Å². The normalized spacial score (nSPS) is 29.3. The molecule has 0 spiro atoms. The number of nitriles is 1. The Kier molecular flexibility index (Phi) is 6.71. The van der Waals surface area contributed by atoms with Gasteiger partial charge < -0.3 is 14.8 Å². The van der Waals surface area contributed by atoms with E-state index in [2.05, 4.69) is 35.7 Å². The van der Waals surface area contributed by atoms with Crippen LogP contribution in [0.4, 0.5) is 0 Å². The van der Waals surface area contributed by atoms with Crippen LogP contribution < -0.4 is 5.32 Å². The minimum atomic E-state index is -0.891. The number of nitrogens with one attached hydrogen (secondary N) is 1. The summed E-state index contributed by atoms with van der Waals surface area (Å²) in [4.78, 5) is 25.1. The summed E-state index contributed by atoms with van der Waals surface area (Å²) in [6.45, 7) is 0.492. The number of ether oxygens (including phenoxy) is 2. The molecular formula is C23H28N2O4. The van der Waals surface area contributed by atoms with E-state index in [-0.39, 0.29) is 35.6 Å². The lowest BCUT2D eigenvalue weighted by Gasteiger charge is -2.48. The van der Waals surface area contributed by atoms with Gasteiger partial charge in [-0.2, -0.15) is 5.26 Å². The molecule has 0 heterocycles. The molecule has 3 aliphatic rings. The molecule has 154 valence electrons. The maximum absolute atomic E-state index is 12.7. The summed E-state index contributed by atoms with van der Waals surface area (Å²) in [5.41, 5.74) is 2.07. The number of methoxy groups -OCH3 is 2. The minimum Gasteiger partial charge on any atom is -0.469 e. The van der Waals surface area contributed by atoms with Crippen LogP contribution in [0.15, 0.2) is 47.6 Å². The van der Waals surface area contributed by atoms with E-state index in [4.69, 9.17) is 9.47 Å². The molecule has 0 aromatic heterocycles. The molecule has 0 aliphatic heterocycles. The lowest BCUT2D eigenvalue weighted by atomic mass is 9.54. The van der Waals surface area contributed by atoms with E-state index >= 15 is 0 Å². The molecule has 6 heteroatoms. The van der Waals surface area contributed by atoms with Gasteiger partial charge in [0.2, 0.25) is 0 Å². The van der Waals surface area contributed by atoms with Gasteiger partial charge >= 0.3 is 11.9 Å². The highest BCUT2D eigenvalue weighted by molar-refractivity contribution is 5.77. The fourth-order valence-corrected chi connectivity index (χ4v) is 5.17. The molecule has 0 bridgehead atoms. The van der Waals surface area contributed by atoms with Gasteiger partial charge in [0.1, 0.15) is 0 Å². The Bertz CT molecular complexity index is 817. The first-order chi connectivity index (χ1) is 14.1. The zero-order chi connectivity index (χ0) is 21.0. The molecule has 6 atom stereocenters. The average Bonchev–Trinajstić information content (AvgIpc) is 2.77. The number of hydrogen-bond acceptors (Lipinski definition) is 6. The van der Waals surface area contributed by atoms with Crippen molar-refractivity contribution in [1.29, 1.82) is 5.26 Å². The standard InChI is InChI=1S/C23H28N2O4/c1-25-13-19(23(27)29-3)21-16-10-6-4-8-14(16)20(18(12-24)22(26)28-2)15-9-5-7-11-17(15)21/h4,6,8-11,14,16,18-21,25H,5,7,13H2,1-3H3. The Morgan fingerprint density at radius 2 is 1.62 bits per heavy atom. The second-order valence-corrected chi connectivity index (χ2v) is 7.69. The first kappa shape index (κ1) is 21.1. The highest BCUT2D eigenvalue weighted by Crippen LogP contribution is 2.54. The predicted octanol–water partition coefficient (Wildman–Crippen LogP) is 2.56. The number of nitrogens with zero attached hydrogens (tertiary/aromatic N) is 1. The lowest BCUT2D eigenvalue weighted by molar-refractivity contribution is -0.149. The smallest absolute Gasteiger partial charge is 0.323 e.